The molecule has 4 heterocycles. The fourth-order valence-corrected chi connectivity index (χ4v) is 4.02. The molecule has 0 bridgehead atoms. The number of H-pyrrole nitrogens is 1. The minimum atomic E-state index is -0.381. The number of hydrogen-bond acceptors (Lipinski definition) is 6. The van der Waals surface area contributed by atoms with Crippen LogP contribution in [0.5, 0.6) is 0 Å². The lowest BCUT2D eigenvalue weighted by Crippen LogP contribution is -2.63. The number of nitrogens with one attached hydrogen (secondary N) is 1. The molecule has 0 amide bonds. The van der Waals surface area contributed by atoms with E-state index in [4.69, 9.17) is 4.74 Å². The van der Waals surface area contributed by atoms with Gasteiger partial charge in [-0.25, -0.2) is 4.79 Å². The fraction of sp³-hybridized carbons (Fsp3) is 0.500. The molecular weight excluding hydrogens is 318 g/mol. The SMILES string of the molecule is COC(=O)c1cc(N2CCCC3(CN(c4ccnc(C)c4)C3)C2)n[nH]1. The monoisotopic (exact) mass is 341 g/mol. The number of anilines is 2. The number of hydrogen-bond donors (Lipinski definition) is 1. The number of aryl methyl sites for hydroxylation is 1. The number of methoxy groups -OCH3 is 1. The lowest BCUT2D eigenvalue weighted by Gasteiger charge is -2.55. The Hall–Kier alpha value is -2.57. The Morgan fingerprint density at radius 1 is 1.28 bits per heavy atom. The molecule has 0 aromatic carbocycles. The summed E-state index contributed by atoms with van der Waals surface area (Å²) in [5.74, 6) is 0.450. The molecule has 2 aromatic heterocycles. The summed E-state index contributed by atoms with van der Waals surface area (Å²) in [5.41, 5.74) is 3.01. The van der Waals surface area contributed by atoms with Crippen LogP contribution in [0.3, 0.4) is 0 Å². The van der Waals surface area contributed by atoms with Crippen LogP contribution in [0, 0.1) is 12.3 Å². The van der Waals surface area contributed by atoms with E-state index < -0.39 is 0 Å². The van der Waals surface area contributed by atoms with E-state index in [2.05, 4.69) is 37.1 Å². The Balaban J connectivity index is 1.44. The van der Waals surface area contributed by atoms with Crippen LogP contribution in [-0.4, -0.2) is 54.4 Å². The minimum Gasteiger partial charge on any atom is -0.464 e. The number of esters is 1. The second-order valence-electron chi connectivity index (χ2n) is 7.17. The van der Waals surface area contributed by atoms with Gasteiger partial charge in [0.25, 0.3) is 0 Å². The molecule has 4 rings (SSSR count). The summed E-state index contributed by atoms with van der Waals surface area (Å²) in [4.78, 5) is 20.6. The summed E-state index contributed by atoms with van der Waals surface area (Å²) >= 11 is 0. The quantitative estimate of drug-likeness (QED) is 0.861. The number of rotatable bonds is 3. The Morgan fingerprint density at radius 3 is 2.84 bits per heavy atom. The molecule has 1 spiro atoms. The second-order valence-corrected chi connectivity index (χ2v) is 7.17. The first-order valence-electron chi connectivity index (χ1n) is 8.65. The molecule has 0 atom stereocenters. The highest BCUT2D eigenvalue weighted by Crippen LogP contribution is 2.42. The summed E-state index contributed by atoms with van der Waals surface area (Å²) < 4.78 is 4.74. The predicted octanol–water partition coefficient (Wildman–Crippen LogP) is 2.01. The van der Waals surface area contributed by atoms with Crippen molar-refractivity contribution < 1.29 is 9.53 Å². The molecule has 0 aliphatic carbocycles. The third kappa shape index (κ3) is 2.94. The molecule has 0 saturated carbocycles. The first kappa shape index (κ1) is 15.9. The molecule has 132 valence electrons. The lowest BCUT2D eigenvalue weighted by molar-refractivity contribution is 0.0594. The number of carbonyl (C=O) groups excluding carboxylic acids is 1. The van der Waals surface area contributed by atoms with Gasteiger partial charge in [-0.1, -0.05) is 0 Å². The van der Waals surface area contributed by atoms with Gasteiger partial charge in [0, 0.05) is 55.2 Å². The van der Waals surface area contributed by atoms with Crippen LogP contribution in [0.25, 0.3) is 0 Å². The zero-order valence-corrected chi connectivity index (χ0v) is 14.7. The number of nitrogens with zero attached hydrogens (tertiary/aromatic N) is 4. The van der Waals surface area contributed by atoms with Gasteiger partial charge in [-0.3, -0.25) is 10.1 Å². The van der Waals surface area contributed by atoms with Crippen molar-refractivity contribution in [1.29, 1.82) is 0 Å². The number of ether oxygens (including phenoxy) is 1. The van der Waals surface area contributed by atoms with E-state index in [0.29, 0.717) is 11.1 Å². The Morgan fingerprint density at radius 2 is 2.08 bits per heavy atom. The number of carbonyl (C=O) groups is 1. The summed E-state index contributed by atoms with van der Waals surface area (Å²) in [6, 6.07) is 6.01. The van der Waals surface area contributed by atoms with Crippen molar-refractivity contribution in [3.05, 3.63) is 35.8 Å². The third-order valence-corrected chi connectivity index (χ3v) is 5.25. The van der Waals surface area contributed by atoms with E-state index in [0.717, 1.165) is 44.1 Å². The zero-order chi connectivity index (χ0) is 17.4. The largest absolute Gasteiger partial charge is 0.464 e. The highest BCUT2D eigenvalue weighted by Gasteiger charge is 2.46. The number of aromatic nitrogens is 3. The van der Waals surface area contributed by atoms with E-state index in [-0.39, 0.29) is 5.97 Å². The molecule has 2 aliphatic rings. The molecule has 2 aromatic rings. The van der Waals surface area contributed by atoms with Gasteiger partial charge in [0.1, 0.15) is 5.69 Å². The molecule has 0 unspecified atom stereocenters. The number of aromatic amines is 1. The van der Waals surface area contributed by atoms with E-state index >= 15 is 0 Å². The van der Waals surface area contributed by atoms with Gasteiger partial charge in [-0.15, -0.1) is 0 Å². The smallest absolute Gasteiger partial charge is 0.356 e. The molecule has 0 radical (unpaired) electrons. The van der Waals surface area contributed by atoms with Crippen molar-refractivity contribution in [1.82, 2.24) is 15.2 Å². The number of pyridine rings is 1. The Bertz CT molecular complexity index is 781. The summed E-state index contributed by atoms with van der Waals surface area (Å²) in [5, 5.41) is 7.07. The van der Waals surface area contributed by atoms with Gasteiger partial charge in [0.2, 0.25) is 0 Å². The van der Waals surface area contributed by atoms with E-state index in [1.807, 2.05) is 13.1 Å². The fourth-order valence-electron chi connectivity index (χ4n) is 4.02. The van der Waals surface area contributed by atoms with Crippen LogP contribution in [0.1, 0.15) is 29.0 Å². The topological polar surface area (TPSA) is 74.3 Å². The standard InChI is InChI=1S/C18H23N5O2/c1-13-8-14(4-6-19-13)23-11-18(12-23)5-3-7-22(10-18)16-9-15(20-21-16)17(24)25-2/h4,6,8-9H,3,5,7,10-12H2,1-2H3,(H,20,21). The molecular formula is C18H23N5O2. The van der Waals surface area contributed by atoms with Crippen molar-refractivity contribution >= 4 is 17.5 Å². The lowest BCUT2D eigenvalue weighted by atomic mass is 9.73. The second kappa shape index (κ2) is 6.06. The van der Waals surface area contributed by atoms with Crippen LogP contribution in [0.2, 0.25) is 0 Å². The van der Waals surface area contributed by atoms with Gasteiger partial charge < -0.3 is 14.5 Å². The molecule has 7 heteroatoms. The highest BCUT2D eigenvalue weighted by molar-refractivity contribution is 5.88. The third-order valence-electron chi connectivity index (χ3n) is 5.25. The molecule has 2 aliphatic heterocycles. The van der Waals surface area contributed by atoms with Crippen LogP contribution in [0.15, 0.2) is 24.4 Å². The summed E-state index contributed by atoms with van der Waals surface area (Å²) in [6.07, 6.45) is 4.25. The number of piperidine rings is 1. The van der Waals surface area contributed by atoms with Gasteiger partial charge >= 0.3 is 5.97 Å². The van der Waals surface area contributed by atoms with Crippen molar-refractivity contribution in [2.24, 2.45) is 5.41 Å². The maximum Gasteiger partial charge on any atom is 0.356 e. The van der Waals surface area contributed by atoms with Gasteiger partial charge in [0.15, 0.2) is 5.82 Å². The normalized spacial score (nSPS) is 19.0. The maximum atomic E-state index is 11.6. The molecule has 25 heavy (non-hydrogen) atoms. The van der Waals surface area contributed by atoms with Crippen molar-refractivity contribution in [3.8, 4) is 0 Å². The van der Waals surface area contributed by atoms with Crippen molar-refractivity contribution in [3.63, 3.8) is 0 Å². The average Bonchev–Trinajstić information content (AvgIpc) is 3.09. The predicted molar refractivity (Wildman–Crippen MR) is 95.0 cm³/mol. The zero-order valence-electron chi connectivity index (χ0n) is 14.7. The molecule has 2 fully saturated rings. The summed E-state index contributed by atoms with van der Waals surface area (Å²) in [6.45, 7) is 6.08. The summed E-state index contributed by atoms with van der Waals surface area (Å²) in [7, 11) is 1.38. The van der Waals surface area contributed by atoms with Gasteiger partial charge in [-0.05, 0) is 31.9 Å². The van der Waals surface area contributed by atoms with E-state index in [1.54, 1.807) is 6.07 Å². The molecule has 1 N–H and O–H groups in total. The average molecular weight is 341 g/mol. The van der Waals surface area contributed by atoms with Crippen LogP contribution in [-0.2, 0) is 4.74 Å². The van der Waals surface area contributed by atoms with Gasteiger partial charge in [0.05, 0.1) is 7.11 Å². The van der Waals surface area contributed by atoms with Crippen LogP contribution < -0.4 is 9.80 Å². The van der Waals surface area contributed by atoms with Crippen molar-refractivity contribution in [2.45, 2.75) is 19.8 Å². The Kier molecular flexibility index (Phi) is 3.86. The highest BCUT2D eigenvalue weighted by atomic mass is 16.5. The molecule has 2 saturated heterocycles. The maximum absolute atomic E-state index is 11.6. The van der Waals surface area contributed by atoms with E-state index in [1.165, 1.54) is 19.2 Å². The molecule has 7 nitrogen and oxygen atoms in total. The minimum absolute atomic E-state index is 0.305. The van der Waals surface area contributed by atoms with Gasteiger partial charge in [-0.2, -0.15) is 5.10 Å². The van der Waals surface area contributed by atoms with Crippen LogP contribution >= 0.6 is 0 Å². The first-order valence-corrected chi connectivity index (χ1v) is 8.65. The van der Waals surface area contributed by atoms with E-state index in [9.17, 15) is 4.79 Å². The van der Waals surface area contributed by atoms with Crippen LogP contribution in [0.4, 0.5) is 11.5 Å². The first-order chi connectivity index (χ1) is 12.1. The van der Waals surface area contributed by atoms with Crippen molar-refractivity contribution in [2.75, 3.05) is 43.1 Å². The Labute approximate surface area is 147 Å².